The maximum absolute atomic E-state index is 11.9. The van der Waals surface area contributed by atoms with Gasteiger partial charge in [0.2, 0.25) is 10.0 Å². The van der Waals surface area contributed by atoms with E-state index in [9.17, 15) is 8.42 Å². The molecule has 1 unspecified atom stereocenters. The van der Waals surface area contributed by atoms with E-state index in [1.165, 1.54) is 0 Å². The minimum absolute atomic E-state index is 0. The highest BCUT2D eigenvalue weighted by Gasteiger charge is 2.17. The molecule has 1 aliphatic heterocycles. The first kappa shape index (κ1) is 23.2. The molecule has 0 bridgehead atoms. The molecule has 0 saturated carbocycles. The Labute approximate surface area is 161 Å². The number of sulfonamides is 1. The molecule has 138 valence electrons. The maximum Gasteiger partial charge on any atom is 0.213 e. The Bertz CT molecular complexity index is 429. The van der Waals surface area contributed by atoms with E-state index in [1.807, 2.05) is 6.26 Å². The van der Waals surface area contributed by atoms with Gasteiger partial charge in [0, 0.05) is 39.0 Å². The van der Waals surface area contributed by atoms with Gasteiger partial charge in [0.05, 0.1) is 11.9 Å². The standard InChI is InChI=1S/C13H28N4O3S2.HI/c1-14-13(15-6-9-21-2)16-7-10-22(18,19)17-11-12-5-3-4-8-20-12;/h12,17H,3-11H2,1-2H3,(H2,14,15,16);1H. The topological polar surface area (TPSA) is 91.8 Å². The lowest BCUT2D eigenvalue weighted by molar-refractivity contribution is 0.0200. The molecular formula is C13H29IN4O3S2. The van der Waals surface area contributed by atoms with E-state index in [0.29, 0.717) is 19.0 Å². The number of aliphatic imine (C=N–C) groups is 1. The van der Waals surface area contributed by atoms with Gasteiger partial charge in [0.1, 0.15) is 0 Å². The summed E-state index contributed by atoms with van der Waals surface area (Å²) in [4.78, 5) is 4.05. The van der Waals surface area contributed by atoms with Crippen molar-refractivity contribution < 1.29 is 13.2 Å². The Morgan fingerprint density at radius 1 is 1.30 bits per heavy atom. The van der Waals surface area contributed by atoms with E-state index in [1.54, 1.807) is 18.8 Å². The molecule has 1 saturated heterocycles. The third-order valence-electron chi connectivity index (χ3n) is 3.29. The average molecular weight is 480 g/mol. The number of halogens is 1. The first-order valence-corrected chi connectivity index (χ1v) is 10.6. The third-order valence-corrected chi connectivity index (χ3v) is 5.25. The van der Waals surface area contributed by atoms with Crippen molar-refractivity contribution >= 4 is 51.7 Å². The molecule has 0 spiro atoms. The Hall–Kier alpha value is 0.220. The van der Waals surface area contributed by atoms with Gasteiger partial charge in [0.15, 0.2) is 5.96 Å². The van der Waals surface area contributed by atoms with Crippen LogP contribution in [0.2, 0.25) is 0 Å². The second kappa shape index (κ2) is 13.5. The quantitative estimate of drug-likeness (QED) is 0.194. The van der Waals surface area contributed by atoms with E-state index in [0.717, 1.165) is 38.2 Å². The van der Waals surface area contributed by atoms with Gasteiger partial charge in [-0.25, -0.2) is 13.1 Å². The van der Waals surface area contributed by atoms with Crippen molar-refractivity contribution in [1.29, 1.82) is 0 Å². The number of nitrogens with one attached hydrogen (secondary N) is 3. The number of nitrogens with zero attached hydrogens (tertiary/aromatic N) is 1. The van der Waals surface area contributed by atoms with Crippen LogP contribution in [0.25, 0.3) is 0 Å². The normalized spacial score (nSPS) is 19.0. The number of hydrogen-bond acceptors (Lipinski definition) is 5. The van der Waals surface area contributed by atoms with Gasteiger partial charge in [0.25, 0.3) is 0 Å². The molecule has 1 aliphatic rings. The summed E-state index contributed by atoms with van der Waals surface area (Å²) in [6.45, 7) is 2.21. The van der Waals surface area contributed by atoms with Crippen molar-refractivity contribution in [3.63, 3.8) is 0 Å². The Morgan fingerprint density at radius 3 is 2.65 bits per heavy atom. The molecule has 0 aromatic heterocycles. The monoisotopic (exact) mass is 480 g/mol. The molecule has 3 N–H and O–H groups in total. The first-order valence-electron chi connectivity index (χ1n) is 7.60. The van der Waals surface area contributed by atoms with Gasteiger partial charge < -0.3 is 15.4 Å². The Morgan fingerprint density at radius 2 is 2.04 bits per heavy atom. The largest absolute Gasteiger partial charge is 0.377 e. The number of ether oxygens (including phenoxy) is 1. The Kier molecular flexibility index (Phi) is 13.6. The second-order valence-corrected chi connectivity index (χ2v) is 7.99. The number of rotatable bonds is 9. The second-order valence-electron chi connectivity index (χ2n) is 5.07. The van der Waals surface area contributed by atoms with Gasteiger partial charge in [-0.1, -0.05) is 0 Å². The van der Waals surface area contributed by atoms with Crippen LogP contribution >= 0.6 is 35.7 Å². The van der Waals surface area contributed by atoms with Crippen molar-refractivity contribution in [3.8, 4) is 0 Å². The summed E-state index contributed by atoms with van der Waals surface area (Å²) in [6.07, 6.45) is 5.14. The molecule has 0 aliphatic carbocycles. The first-order chi connectivity index (χ1) is 10.6. The van der Waals surface area contributed by atoms with E-state index in [2.05, 4.69) is 20.3 Å². The highest BCUT2D eigenvalue weighted by molar-refractivity contribution is 14.0. The zero-order chi connectivity index (χ0) is 16.3. The molecule has 23 heavy (non-hydrogen) atoms. The van der Waals surface area contributed by atoms with Gasteiger partial charge in [-0.05, 0) is 25.5 Å². The zero-order valence-electron chi connectivity index (χ0n) is 13.8. The van der Waals surface area contributed by atoms with Gasteiger partial charge in [-0.15, -0.1) is 24.0 Å². The van der Waals surface area contributed by atoms with Crippen LogP contribution in [0.3, 0.4) is 0 Å². The summed E-state index contributed by atoms with van der Waals surface area (Å²) in [5.41, 5.74) is 0. The van der Waals surface area contributed by atoms with Gasteiger partial charge in [-0.3, -0.25) is 4.99 Å². The highest BCUT2D eigenvalue weighted by atomic mass is 127. The van der Waals surface area contributed by atoms with Crippen LogP contribution in [0.1, 0.15) is 19.3 Å². The lowest BCUT2D eigenvalue weighted by atomic mass is 10.1. The van der Waals surface area contributed by atoms with Gasteiger partial charge >= 0.3 is 0 Å². The molecule has 1 atom stereocenters. The molecule has 1 rings (SSSR count). The molecule has 10 heteroatoms. The van der Waals surface area contributed by atoms with Gasteiger partial charge in [-0.2, -0.15) is 11.8 Å². The predicted molar refractivity (Wildman–Crippen MR) is 109 cm³/mol. The fourth-order valence-corrected chi connectivity index (χ4v) is 3.32. The van der Waals surface area contributed by atoms with E-state index < -0.39 is 10.0 Å². The molecule has 0 aromatic rings. The summed E-state index contributed by atoms with van der Waals surface area (Å²) in [6, 6.07) is 0. The number of thioether (sulfide) groups is 1. The summed E-state index contributed by atoms with van der Waals surface area (Å²) in [5.74, 6) is 1.62. The third kappa shape index (κ3) is 11.4. The van der Waals surface area contributed by atoms with Crippen LogP contribution < -0.4 is 15.4 Å². The lowest BCUT2D eigenvalue weighted by Crippen LogP contribution is -2.43. The number of guanidine groups is 1. The molecule has 7 nitrogen and oxygen atoms in total. The van der Waals surface area contributed by atoms with Crippen molar-refractivity contribution in [2.45, 2.75) is 25.4 Å². The fraction of sp³-hybridized carbons (Fsp3) is 0.923. The van der Waals surface area contributed by atoms with Crippen molar-refractivity contribution in [1.82, 2.24) is 15.4 Å². The summed E-state index contributed by atoms with van der Waals surface area (Å²) in [7, 11) is -1.62. The van der Waals surface area contributed by atoms with Crippen LogP contribution in [-0.2, 0) is 14.8 Å². The molecule has 0 aromatic carbocycles. The lowest BCUT2D eigenvalue weighted by Gasteiger charge is -2.22. The molecule has 0 amide bonds. The van der Waals surface area contributed by atoms with E-state index in [4.69, 9.17) is 4.74 Å². The van der Waals surface area contributed by atoms with Crippen LogP contribution in [0.5, 0.6) is 0 Å². The van der Waals surface area contributed by atoms with Crippen LogP contribution in [0, 0.1) is 0 Å². The molecule has 1 fully saturated rings. The minimum Gasteiger partial charge on any atom is -0.377 e. The molecule has 0 radical (unpaired) electrons. The van der Waals surface area contributed by atoms with Crippen molar-refractivity contribution in [2.75, 3.05) is 51.1 Å². The number of hydrogen-bond donors (Lipinski definition) is 3. The molecule has 1 heterocycles. The summed E-state index contributed by atoms with van der Waals surface area (Å²) in [5, 5.41) is 6.12. The van der Waals surface area contributed by atoms with Crippen LogP contribution in [0.15, 0.2) is 4.99 Å². The van der Waals surface area contributed by atoms with Crippen LogP contribution in [-0.4, -0.2) is 71.5 Å². The highest BCUT2D eigenvalue weighted by Crippen LogP contribution is 2.11. The molecular weight excluding hydrogens is 451 g/mol. The van der Waals surface area contributed by atoms with Crippen LogP contribution in [0.4, 0.5) is 0 Å². The summed E-state index contributed by atoms with van der Waals surface area (Å²) >= 11 is 1.74. The average Bonchev–Trinajstić information content (AvgIpc) is 2.52. The van der Waals surface area contributed by atoms with Crippen molar-refractivity contribution in [2.24, 2.45) is 4.99 Å². The Balaban J connectivity index is 0.00000484. The zero-order valence-corrected chi connectivity index (χ0v) is 17.8. The smallest absolute Gasteiger partial charge is 0.213 e. The van der Waals surface area contributed by atoms with E-state index >= 15 is 0 Å². The minimum atomic E-state index is -3.29. The van der Waals surface area contributed by atoms with Crippen molar-refractivity contribution in [3.05, 3.63) is 0 Å². The SMILES string of the molecule is CN=C(NCCSC)NCCS(=O)(=O)NCC1CCCCO1.I. The predicted octanol–water partition coefficient (Wildman–Crippen LogP) is 0.621. The summed E-state index contributed by atoms with van der Waals surface area (Å²) < 4.78 is 32.0. The fourth-order valence-electron chi connectivity index (χ4n) is 2.06. The maximum atomic E-state index is 11.9. The van der Waals surface area contributed by atoms with E-state index in [-0.39, 0.29) is 35.8 Å².